The van der Waals surface area contributed by atoms with Gasteiger partial charge in [0.15, 0.2) is 5.96 Å². The summed E-state index contributed by atoms with van der Waals surface area (Å²) in [6.45, 7) is 7.39. The van der Waals surface area contributed by atoms with Crippen molar-refractivity contribution in [1.82, 2.24) is 10.6 Å². The van der Waals surface area contributed by atoms with Gasteiger partial charge in [0.25, 0.3) is 0 Å². The maximum atomic E-state index is 5.24. The van der Waals surface area contributed by atoms with Crippen molar-refractivity contribution in [3.05, 3.63) is 0 Å². The molecule has 0 aliphatic heterocycles. The van der Waals surface area contributed by atoms with Crippen molar-refractivity contribution in [2.24, 2.45) is 16.3 Å². The third-order valence-electron chi connectivity index (χ3n) is 4.82. The average molecular weight is 283 g/mol. The van der Waals surface area contributed by atoms with Crippen molar-refractivity contribution >= 4 is 5.96 Å². The van der Waals surface area contributed by atoms with E-state index in [1.807, 2.05) is 7.05 Å². The number of nitrogens with one attached hydrogen (secondary N) is 2. The summed E-state index contributed by atoms with van der Waals surface area (Å²) >= 11 is 0. The van der Waals surface area contributed by atoms with E-state index in [9.17, 15) is 0 Å². The molecule has 0 amide bonds. The molecule has 0 radical (unpaired) electrons. The van der Waals surface area contributed by atoms with Crippen LogP contribution in [0.25, 0.3) is 0 Å². The lowest BCUT2D eigenvalue weighted by molar-refractivity contribution is 0.0732. The highest BCUT2D eigenvalue weighted by atomic mass is 16.5. The Morgan fingerprint density at radius 1 is 1.25 bits per heavy atom. The van der Waals surface area contributed by atoms with Gasteiger partial charge in [-0.3, -0.25) is 4.99 Å². The van der Waals surface area contributed by atoms with Crippen LogP contribution in [0.15, 0.2) is 4.99 Å². The van der Waals surface area contributed by atoms with E-state index in [0.29, 0.717) is 5.41 Å². The van der Waals surface area contributed by atoms with Crippen LogP contribution < -0.4 is 10.6 Å². The minimum Gasteiger partial charge on any atom is -0.385 e. The van der Waals surface area contributed by atoms with Gasteiger partial charge in [-0.15, -0.1) is 0 Å². The highest BCUT2D eigenvalue weighted by Crippen LogP contribution is 2.43. The highest BCUT2D eigenvalue weighted by Gasteiger charge is 2.36. The van der Waals surface area contributed by atoms with Gasteiger partial charge in [-0.2, -0.15) is 0 Å². The molecular weight excluding hydrogens is 250 g/mol. The molecule has 4 heteroatoms. The van der Waals surface area contributed by atoms with Crippen molar-refractivity contribution in [1.29, 1.82) is 0 Å². The second-order valence-electron chi connectivity index (χ2n) is 6.09. The number of hydrogen-bond acceptors (Lipinski definition) is 2. The van der Waals surface area contributed by atoms with E-state index < -0.39 is 0 Å². The fraction of sp³-hybridized carbons (Fsp3) is 0.938. The van der Waals surface area contributed by atoms with E-state index in [1.54, 1.807) is 7.11 Å². The first-order chi connectivity index (χ1) is 9.69. The monoisotopic (exact) mass is 283 g/mol. The fourth-order valence-electron chi connectivity index (χ4n) is 2.82. The lowest BCUT2D eigenvalue weighted by Gasteiger charge is -2.42. The van der Waals surface area contributed by atoms with Crippen molar-refractivity contribution in [3.8, 4) is 0 Å². The molecule has 118 valence electrons. The van der Waals surface area contributed by atoms with Gasteiger partial charge in [0.05, 0.1) is 0 Å². The van der Waals surface area contributed by atoms with Crippen molar-refractivity contribution in [2.75, 3.05) is 33.9 Å². The Morgan fingerprint density at radius 2 is 1.95 bits per heavy atom. The molecule has 4 nitrogen and oxygen atoms in total. The highest BCUT2D eigenvalue weighted by molar-refractivity contribution is 5.79. The maximum Gasteiger partial charge on any atom is 0.191 e. The predicted octanol–water partition coefficient (Wildman–Crippen LogP) is 2.79. The zero-order chi connectivity index (χ0) is 14.8. The molecule has 0 aromatic carbocycles. The Labute approximate surface area is 124 Å². The quantitative estimate of drug-likeness (QED) is 0.505. The van der Waals surface area contributed by atoms with Gasteiger partial charge >= 0.3 is 0 Å². The molecule has 20 heavy (non-hydrogen) atoms. The van der Waals surface area contributed by atoms with Crippen LogP contribution in [0, 0.1) is 11.3 Å². The van der Waals surface area contributed by atoms with Crippen LogP contribution in [0.5, 0.6) is 0 Å². The standard InChI is InChI=1S/C16H33N3O/c1-5-14(6-2)12-18-15(17-3)19-13-16(8-7-9-16)10-11-20-4/h14H,5-13H2,1-4H3,(H2,17,18,19). The Balaban J connectivity index is 2.33. The molecule has 1 rings (SSSR count). The normalized spacial score (nSPS) is 17.9. The fourth-order valence-corrected chi connectivity index (χ4v) is 2.82. The summed E-state index contributed by atoms with van der Waals surface area (Å²) in [5.74, 6) is 1.68. The average Bonchev–Trinajstić information content (AvgIpc) is 2.44. The summed E-state index contributed by atoms with van der Waals surface area (Å²) < 4.78 is 5.24. The number of rotatable bonds is 9. The van der Waals surface area contributed by atoms with Crippen molar-refractivity contribution in [3.63, 3.8) is 0 Å². The Hall–Kier alpha value is -0.770. The molecule has 1 saturated carbocycles. The van der Waals surface area contributed by atoms with E-state index in [0.717, 1.165) is 38.0 Å². The molecule has 1 aliphatic carbocycles. The van der Waals surface area contributed by atoms with Crippen LogP contribution in [0.1, 0.15) is 52.4 Å². The lowest BCUT2D eigenvalue weighted by atomic mass is 9.67. The molecule has 0 aromatic rings. The van der Waals surface area contributed by atoms with Gasteiger partial charge in [0, 0.05) is 33.9 Å². The first-order valence-corrected chi connectivity index (χ1v) is 8.13. The van der Waals surface area contributed by atoms with Gasteiger partial charge < -0.3 is 15.4 Å². The summed E-state index contributed by atoms with van der Waals surface area (Å²) in [5.41, 5.74) is 0.433. The molecular formula is C16H33N3O. The topological polar surface area (TPSA) is 45.7 Å². The smallest absolute Gasteiger partial charge is 0.191 e. The van der Waals surface area contributed by atoms with Crippen LogP contribution in [0.4, 0.5) is 0 Å². The molecule has 0 unspecified atom stereocenters. The lowest BCUT2D eigenvalue weighted by Crippen LogP contribution is -2.47. The van der Waals surface area contributed by atoms with E-state index in [2.05, 4.69) is 29.5 Å². The zero-order valence-corrected chi connectivity index (χ0v) is 13.8. The molecule has 0 bridgehead atoms. The Kier molecular flexibility index (Phi) is 7.97. The summed E-state index contributed by atoms with van der Waals surface area (Å²) in [6, 6.07) is 0. The van der Waals surface area contributed by atoms with Crippen molar-refractivity contribution < 1.29 is 4.74 Å². The summed E-state index contributed by atoms with van der Waals surface area (Å²) in [5, 5.41) is 6.96. The second-order valence-corrected chi connectivity index (χ2v) is 6.09. The maximum absolute atomic E-state index is 5.24. The molecule has 0 spiro atoms. The van der Waals surface area contributed by atoms with Crippen LogP contribution in [-0.2, 0) is 4.74 Å². The van der Waals surface area contributed by atoms with Crippen LogP contribution in [0.3, 0.4) is 0 Å². The summed E-state index contributed by atoms with van der Waals surface area (Å²) in [4.78, 5) is 4.33. The largest absolute Gasteiger partial charge is 0.385 e. The summed E-state index contributed by atoms with van der Waals surface area (Å²) in [6.07, 6.45) is 7.57. The minimum absolute atomic E-state index is 0.433. The van der Waals surface area contributed by atoms with E-state index >= 15 is 0 Å². The third-order valence-corrected chi connectivity index (χ3v) is 4.82. The SMILES string of the molecule is CCC(CC)CNC(=NC)NCC1(CCOC)CCC1. The van der Waals surface area contributed by atoms with E-state index in [1.165, 1.54) is 32.1 Å². The van der Waals surface area contributed by atoms with Crippen LogP contribution >= 0.6 is 0 Å². The summed E-state index contributed by atoms with van der Waals surface area (Å²) in [7, 11) is 3.64. The van der Waals surface area contributed by atoms with E-state index in [4.69, 9.17) is 4.74 Å². The number of methoxy groups -OCH3 is 1. The second kappa shape index (κ2) is 9.22. The third kappa shape index (κ3) is 5.31. The molecule has 0 heterocycles. The molecule has 1 fully saturated rings. The van der Waals surface area contributed by atoms with Crippen LogP contribution in [0.2, 0.25) is 0 Å². The van der Waals surface area contributed by atoms with Crippen LogP contribution in [-0.4, -0.2) is 39.8 Å². The van der Waals surface area contributed by atoms with Gasteiger partial charge in [-0.05, 0) is 30.6 Å². The number of ether oxygens (including phenoxy) is 1. The van der Waals surface area contributed by atoms with E-state index in [-0.39, 0.29) is 0 Å². The van der Waals surface area contributed by atoms with Gasteiger partial charge in [-0.1, -0.05) is 33.1 Å². The molecule has 0 atom stereocenters. The van der Waals surface area contributed by atoms with Crippen molar-refractivity contribution in [2.45, 2.75) is 52.4 Å². The number of hydrogen-bond donors (Lipinski definition) is 2. The van der Waals surface area contributed by atoms with Gasteiger partial charge in [-0.25, -0.2) is 0 Å². The molecule has 0 aromatic heterocycles. The minimum atomic E-state index is 0.433. The molecule has 0 saturated heterocycles. The Morgan fingerprint density at radius 3 is 2.40 bits per heavy atom. The first-order valence-electron chi connectivity index (χ1n) is 8.13. The molecule has 2 N–H and O–H groups in total. The number of guanidine groups is 1. The number of aliphatic imine (C=N–C) groups is 1. The zero-order valence-electron chi connectivity index (χ0n) is 13.8. The predicted molar refractivity (Wildman–Crippen MR) is 86.2 cm³/mol. The molecule has 1 aliphatic rings. The number of nitrogens with zero attached hydrogens (tertiary/aromatic N) is 1. The van der Waals surface area contributed by atoms with Gasteiger partial charge in [0.2, 0.25) is 0 Å². The van der Waals surface area contributed by atoms with Gasteiger partial charge in [0.1, 0.15) is 0 Å². The first kappa shape index (κ1) is 17.3. The Bertz CT molecular complexity index is 283.